The molecule has 0 radical (unpaired) electrons. The smallest absolute Gasteiger partial charge is 0.192 e. The summed E-state index contributed by atoms with van der Waals surface area (Å²) in [5, 5.41) is 10.3. The summed E-state index contributed by atoms with van der Waals surface area (Å²) in [6.45, 7) is 7.38. The summed E-state index contributed by atoms with van der Waals surface area (Å²) in [5.41, 5.74) is 3.17. The van der Waals surface area contributed by atoms with Crippen molar-refractivity contribution >= 4 is 11.8 Å². The second kappa shape index (κ2) is 5.89. The van der Waals surface area contributed by atoms with Crippen LogP contribution in [0.15, 0.2) is 28.3 Å². The Kier molecular flexibility index (Phi) is 4.40. The quantitative estimate of drug-likeness (QED) is 0.875. The van der Waals surface area contributed by atoms with Gasteiger partial charge in [-0.25, -0.2) is 14.4 Å². The predicted octanol–water partition coefficient (Wildman–Crippen LogP) is 3.75. The van der Waals surface area contributed by atoms with Gasteiger partial charge >= 0.3 is 0 Å². The molecule has 0 aliphatic rings. The molecule has 20 heavy (non-hydrogen) atoms. The van der Waals surface area contributed by atoms with Crippen LogP contribution in [0.2, 0.25) is 0 Å². The van der Waals surface area contributed by atoms with Gasteiger partial charge in [-0.15, -0.1) is 0 Å². The van der Waals surface area contributed by atoms with Crippen LogP contribution >= 0.6 is 11.8 Å². The minimum absolute atomic E-state index is 0.289. The van der Waals surface area contributed by atoms with Gasteiger partial charge in [0.1, 0.15) is 5.82 Å². The van der Waals surface area contributed by atoms with Gasteiger partial charge in [0.15, 0.2) is 5.16 Å². The van der Waals surface area contributed by atoms with Crippen LogP contribution in [0.4, 0.5) is 4.39 Å². The molecule has 0 aliphatic carbocycles. The highest BCUT2D eigenvalue weighted by Crippen LogP contribution is 2.33. The lowest BCUT2D eigenvalue weighted by Gasteiger charge is -2.13. The molecule has 0 amide bonds. The number of halogens is 1. The average Bonchev–Trinajstić information content (AvgIpc) is 2.35. The molecule has 1 N–H and O–H groups in total. The van der Waals surface area contributed by atoms with Crippen LogP contribution < -0.4 is 0 Å². The first-order valence-electron chi connectivity index (χ1n) is 6.36. The Morgan fingerprint density at radius 3 is 2.30 bits per heavy atom. The van der Waals surface area contributed by atoms with Crippen molar-refractivity contribution < 1.29 is 9.50 Å². The predicted molar refractivity (Wildman–Crippen MR) is 77.4 cm³/mol. The first-order valence-corrected chi connectivity index (χ1v) is 7.18. The Morgan fingerprint density at radius 1 is 1.15 bits per heavy atom. The van der Waals surface area contributed by atoms with E-state index in [1.807, 2.05) is 20.8 Å². The van der Waals surface area contributed by atoms with Crippen LogP contribution in [0.1, 0.15) is 35.5 Å². The van der Waals surface area contributed by atoms with Crippen LogP contribution in [-0.4, -0.2) is 15.1 Å². The van der Waals surface area contributed by atoms with Crippen molar-refractivity contribution in [1.29, 1.82) is 0 Å². The molecular weight excluding hydrogens is 275 g/mol. The Balaban J connectivity index is 2.43. The Hall–Kier alpha value is -1.46. The molecule has 0 saturated heterocycles. The largest absolute Gasteiger partial charge is 0.389 e. The molecule has 5 heteroatoms. The molecule has 0 aliphatic heterocycles. The fourth-order valence-corrected chi connectivity index (χ4v) is 2.98. The van der Waals surface area contributed by atoms with E-state index in [4.69, 9.17) is 0 Å². The van der Waals surface area contributed by atoms with E-state index in [1.54, 1.807) is 19.1 Å². The summed E-state index contributed by atoms with van der Waals surface area (Å²) >= 11 is 1.27. The van der Waals surface area contributed by atoms with E-state index in [1.165, 1.54) is 17.8 Å². The number of rotatable bonds is 3. The van der Waals surface area contributed by atoms with Crippen molar-refractivity contribution in [2.75, 3.05) is 0 Å². The number of aliphatic hydroxyl groups excluding tert-OH is 1. The van der Waals surface area contributed by atoms with Gasteiger partial charge in [-0.2, -0.15) is 0 Å². The van der Waals surface area contributed by atoms with Gasteiger partial charge in [0, 0.05) is 21.8 Å². The van der Waals surface area contributed by atoms with E-state index < -0.39 is 11.9 Å². The first-order chi connectivity index (χ1) is 9.40. The first kappa shape index (κ1) is 14.9. The van der Waals surface area contributed by atoms with Crippen LogP contribution in [-0.2, 0) is 0 Å². The minimum atomic E-state index is -0.869. The normalized spacial score (nSPS) is 12.5. The van der Waals surface area contributed by atoms with Crippen molar-refractivity contribution in [3.05, 3.63) is 46.5 Å². The molecule has 0 fully saturated rings. The summed E-state index contributed by atoms with van der Waals surface area (Å²) in [4.78, 5) is 9.45. The maximum Gasteiger partial charge on any atom is 0.192 e. The van der Waals surface area contributed by atoms with E-state index in [2.05, 4.69) is 9.97 Å². The van der Waals surface area contributed by atoms with Crippen LogP contribution in [0.3, 0.4) is 0 Å². The molecule has 1 heterocycles. The summed E-state index contributed by atoms with van der Waals surface area (Å²) in [5.74, 6) is -0.412. The summed E-state index contributed by atoms with van der Waals surface area (Å²) in [6.07, 6.45) is -0.869. The lowest BCUT2D eigenvalue weighted by Crippen LogP contribution is -2.01. The molecule has 1 atom stereocenters. The van der Waals surface area contributed by atoms with Crippen LogP contribution in [0, 0.1) is 26.6 Å². The SMILES string of the molecule is Cc1nc(Sc2cccc(F)c2[C@@H](C)O)nc(C)c1C. The van der Waals surface area contributed by atoms with Crippen molar-refractivity contribution in [1.82, 2.24) is 9.97 Å². The van der Waals surface area contributed by atoms with E-state index in [0.29, 0.717) is 10.1 Å². The molecule has 106 valence electrons. The highest BCUT2D eigenvalue weighted by Gasteiger charge is 2.16. The Labute approximate surface area is 122 Å². The summed E-state index contributed by atoms with van der Waals surface area (Å²) < 4.78 is 13.8. The standard InChI is InChI=1S/C15H17FN2OS/c1-8-9(2)17-15(18-10(8)3)20-13-7-5-6-12(16)14(13)11(4)19/h5-7,11,19H,1-4H3/t11-/m1/s1. The topological polar surface area (TPSA) is 46.0 Å². The van der Waals surface area contributed by atoms with Crippen molar-refractivity contribution in [2.45, 2.75) is 43.9 Å². The van der Waals surface area contributed by atoms with Gasteiger partial charge in [0.05, 0.1) is 6.10 Å². The molecule has 1 aromatic carbocycles. The number of benzene rings is 1. The third kappa shape index (κ3) is 2.99. The van der Waals surface area contributed by atoms with E-state index in [9.17, 15) is 9.50 Å². The monoisotopic (exact) mass is 292 g/mol. The highest BCUT2D eigenvalue weighted by atomic mass is 32.2. The number of aryl methyl sites for hydroxylation is 2. The molecule has 2 aromatic rings. The molecular formula is C15H17FN2OS. The molecule has 0 bridgehead atoms. The Morgan fingerprint density at radius 2 is 1.75 bits per heavy atom. The molecule has 1 aromatic heterocycles. The molecule has 0 saturated carbocycles. The third-order valence-electron chi connectivity index (χ3n) is 3.24. The van der Waals surface area contributed by atoms with Crippen LogP contribution in [0.5, 0.6) is 0 Å². The number of hydrogen-bond donors (Lipinski definition) is 1. The van der Waals surface area contributed by atoms with Gasteiger partial charge in [0.25, 0.3) is 0 Å². The maximum atomic E-state index is 13.8. The van der Waals surface area contributed by atoms with Gasteiger partial charge in [0.2, 0.25) is 0 Å². The highest BCUT2D eigenvalue weighted by molar-refractivity contribution is 7.99. The van der Waals surface area contributed by atoms with Crippen molar-refractivity contribution in [3.8, 4) is 0 Å². The number of aromatic nitrogens is 2. The fraction of sp³-hybridized carbons (Fsp3) is 0.333. The minimum Gasteiger partial charge on any atom is -0.389 e. The molecule has 0 spiro atoms. The van der Waals surface area contributed by atoms with Gasteiger partial charge in [-0.1, -0.05) is 6.07 Å². The second-order valence-electron chi connectivity index (χ2n) is 4.73. The Bertz CT molecular complexity index is 621. The van der Waals surface area contributed by atoms with E-state index in [-0.39, 0.29) is 5.56 Å². The second-order valence-corrected chi connectivity index (χ2v) is 5.74. The summed E-state index contributed by atoms with van der Waals surface area (Å²) in [7, 11) is 0. The fourth-order valence-electron chi connectivity index (χ4n) is 1.90. The lowest BCUT2D eigenvalue weighted by molar-refractivity contribution is 0.191. The molecule has 3 nitrogen and oxygen atoms in total. The third-order valence-corrected chi connectivity index (χ3v) is 4.19. The zero-order chi connectivity index (χ0) is 14.9. The number of hydrogen-bond acceptors (Lipinski definition) is 4. The lowest BCUT2D eigenvalue weighted by atomic mass is 10.1. The molecule has 2 rings (SSSR count). The van der Waals surface area contributed by atoms with Gasteiger partial charge < -0.3 is 5.11 Å². The maximum absolute atomic E-state index is 13.8. The average molecular weight is 292 g/mol. The number of nitrogens with zero attached hydrogens (tertiary/aromatic N) is 2. The zero-order valence-electron chi connectivity index (χ0n) is 11.9. The van der Waals surface area contributed by atoms with E-state index >= 15 is 0 Å². The molecule has 0 unspecified atom stereocenters. The van der Waals surface area contributed by atoms with Gasteiger partial charge in [-0.05, 0) is 57.2 Å². The van der Waals surface area contributed by atoms with Crippen molar-refractivity contribution in [3.63, 3.8) is 0 Å². The van der Waals surface area contributed by atoms with E-state index in [0.717, 1.165) is 17.0 Å². The summed E-state index contributed by atoms with van der Waals surface area (Å²) in [6, 6.07) is 4.74. The van der Waals surface area contributed by atoms with Gasteiger partial charge in [-0.3, -0.25) is 0 Å². The van der Waals surface area contributed by atoms with Crippen molar-refractivity contribution in [2.24, 2.45) is 0 Å². The zero-order valence-corrected chi connectivity index (χ0v) is 12.8. The van der Waals surface area contributed by atoms with Crippen LogP contribution in [0.25, 0.3) is 0 Å². The number of aliphatic hydroxyl groups is 1.